The van der Waals surface area contributed by atoms with Gasteiger partial charge in [0.1, 0.15) is 5.69 Å². The summed E-state index contributed by atoms with van der Waals surface area (Å²) < 4.78 is 3.60. The second-order valence-electron chi connectivity index (χ2n) is 4.76. The van der Waals surface area contributed by atoms with Crippen molar-refractivity contribution >= 4 is 17.4 Å². The molecule has 0 aromatic carbocycles. The van der Waals surface area contributed by atoms with E-state index in [1.54, 1.807) is 17.2 Å². The van der Waals surface area contributed by atoms with Gasteiger partial charge in [0.25, 0.3) is 0 Å². The highest BCUT2D eigenvalue weighted by Gasteiger charge is 2.19. The number of carbonyl (C=O) groups excluding carboxylic acids is 1. The van der Waals surface area contributed by atoms with Gasteiger partial charge in [0.15, 0.2) is 5.78 Å². The molecule has 2 aromatic heterocycles. The Hall–Kier alpha value is -1.66. The van der Waals surface area contributed by atoms with Gasteiger partial charge in [0, 0.05) is 25.8 Å². The van der Waals surface area contributed by atoms with E-state index in [2.05, 4.69) is 10.1 Å². The summed E-state index contributed by atoms with van der Waals surface area (Å²) in [4.78, 5) is 16.5. The Bertz CT molecular complexity index is 631. The molecular formula is C14H20ClN5O. The second-order valence-corrected chi connectivity index (χ2v) is 5.14. The molecule has 0 spiro atoms. The van der Waals surface area contributed by atoms with Crippen LogP contribution in [0.3, 0.4) is 0 Å². The van der Waals surface area contributed by atoms with Crippen molar-refractivity contribution in [3.05, 3.63) is 34.6 Å². The molecule has 0 saturated carbocycles. The molecule has 6 nitrogen and oxygen atoms in total. The number of imidazole rings is 1. The molecule has 0 aliphatic rings. The number of ketones is 1. The van der Waals surface area contributed by atoms with E-state index in [-0.39, 0.29) is 12.2 Å². The van der Waals surface area contributed by atoms with Crippen LogP contribution in [0, 0.1) is 0 Å². The molecule has 2 heterocycles. The predicted octanol–water partition coefficient (Wildman–Crippen LogP) is 1.70. The van der Waals surface area contributed by atoms with E-state index in [1.165, 1.54) is 0 Å². The van der Waals surface area contributed by atoms with Gasteiger partial charge in [-0.25, -0.2) is 4.98 Å². The van der Waals surface area contributed by atoms with Gasteiger partial charge in [-0.1, -0.05) is 18.5 Å². The number of hydrogen-bond acceptors (Lipinski definition) is 4. The van der Waals surface area contributed by atoms with Crippen LogP contribution >= 0.6 is 11.6 Å². The summed E-state index contributed by atoms with van der Waals surface area (Å²) in [6.07, 6.45) is 4.30. The zero-order chi connectivity index (χ0) is 15.4. The summed E-state index contributed by atoms with van der Waals surface area (Å²) in [5.41, 5.74) is 7.50. The Morgan fingerprint density at radius 1 is 1.43 bits per heavy atom. The van der Waals surface area contributed by atoms with Gasteiger partial charge in [0.05, 0.1) is 29.2 Å². The minimum atomic E-state index is -0.0649. The first-order valence-corrected chi connectivity index (χ1v) is 7.47. The van der Waals surface area contributed by atoms with E-state index in [1.807, 2.05) is 18.4 Å². The minimum Gasteiger partial charge on any atom is -0.335 e. The summed E-state index contributed by atoms with van der Waals surface area (Å²) in [6, 6.07) is 0. The Balaban J connectivity index is 2.20. The normalized spacial score (nSPS) is 11.0. The Kier molecular flexibility index (Phi) is 5.14. The van der Waals surface area contributed by atoms with Crippen LogP contribution in [0.5, 0.6) is 0 Å². The Labute approximate surface area is 128 Å². The summed E-state index contributed by atoms with van der Waals surface area (Å²) in [7, 11) is 0. The maximum atomic E-state index is 12.3. The summed E-state index contributed by atoms with van der Waals surface area (Å²) in [6.45, 7) is 5.82. The zero-order valence-electron chi connectivity index (χ0n) is 12.3. The van der Waals surface area contributed by atoms with Crippen LogP contribution in [0.1, 0.15) is 35.7 Å². The summed E-state index contributed by atoms with van der Waals surface area (Å²) in [5, 5.41) is 5.01. The third kappa shape index (κ3) is 3.33. The van der Waals surface area contributed by atoms with Gasteiger partial charge in [-0.2, -0.15) is 5.10 Å². The van der Waals surface area contributed by atoms with E-state index in [9.17, 15) is 4.79 Å². The fourth-order valence-corrected chi connectivity index (χ4v) is 2.54. The van der Waals surface area contributed by atoms with Crippen molar-refractivity contribution in [3.63, 3.8) is 0 Å². The van der Waals surface area contributed by atoms with Crippen molar-refractivity contribution in [1.82, 2.24) is 19.3 Å². The van der Waals surface area contributed by atoms with Crippen LogP contribution in [-0.4, -0.2) is 31.7 Å². The van der Waals surface area contributed by atoms with E-state index in [4.69, 9.17) is 17.3 Å². The van der Waals surface area contributed by atoms with Crippen molar-refractivity contribution < 1.29 is 4.79 Å². The highest BCUT2D eigenvalue weighted by molar-refractivity contribution is 6.32. The lowest BCUT2D eigenvalue weighted by Crippen LogP contribution is -2.11. The summed E-state index contributed by atoms with van der Waals surface area (Å²) >= 11 is 6.32. The third-order valence-corrected chi connectivity index (χ3v) is 3.76. The molecule has 2 rings (SSSR count). The molecular weight excluding hydrogens is 290 g/mol. The molecule has 2 N–H and O–H groups in total. The number of nitrogens with zero attached hydrogens (tertiary/aromatic N) is 4. The molecule has 0 radical (unpaired) electrons. The third-order valence-electron chi connectivity index (χ3n) is 3.33. The van der Waals surface area contributed by atoms with Crippen molar-refractivity contribution in [3.8, 4) is 0 Å². The first-order valence-electron chi connectivity index (χ1n) is 7.09. The zero-order valence-corrected chi connectivity index (χ0v) is 13.1. The fraction of sp³-hybridized carbons (Fsp3) is 0.500. The molecule has 7 heteroatoms. The fourth-order valence-electron chi connectivity index (χ4n) is 2.20. The number of carbonyl (C=O) groups is 1. The second kappa shape index (κ2) is 6.87. The first-order chi connectivity index (χ1) is 10.1. The average molecular weight is 310 g/mol. The molecule has 0 fully saturated rings. The van der Waals surface area contributed by atoms with Crippen LogP contribution in [-0.2, 0) is 25.9 Å². The largest absolute Gasteiger partial charge is 0.335 e. The maximum absolute atomic E-state index is 12.3. The van der Waals surface area contributed by atoms with Gasteiger partial charge >= 0.3 is 0 Å². The van der Waals surface area contributed by atoms with Crippen molar-refractivity contribution in [2.24, 2.45) is 5.73 Å². The lowest BCUT2D eigenvalue weighted by molar-refractivity contribution is 0.0986. The molecule has 0 aliphatic carbocycles. The van der Waals surface area contributed by atoms with Crippen LogP contribution in [0.25, 0.3) is 0 Å². The van der Waals surface area contributed by atoms with Crippen LogP contribution < -0.4 is 5.73 Å². The van der Waals surface area contributed by atoms with Gasteiger partial charge in [-0.05, 0) is 13.3 Å². The quantitative estimate of drug-likeness (QED) is 0.790. The molecule has 0 atom stereocenters. The number of aryl methyl sites for hydroxylation is 2. The van der Waals surface area contributed by atoms with Gasteiger partial charge in [-0.3, -0.25) is 9.48 Å². The van der Waals surface area contributed by atoms with Crippen LogP contribution in [0.2, 0.25) is 5.02 Å². The first kappa shape index (κ1) is 15.7. The van der Waals surface area contributed by atoms with E-state index in [0.29, 0.717) is 30.4 Å². The molecule has 0 amide bonds. The number of rotatable bonds is 7. The van der Waals surface area contributed by atoms with E-state index in [0.717, 1.165) is 17.8 Å². The molecule has 114 valence electrons. The molecule has 21 heavy (non-hydrogen) atoms. The van der Waals surface area contributed by atoms with Crippen molar-refractivity contribution in [2.45, 2.75) is 39.8 Å². The van der Waals surface area contributed by atoms with Gasteiger partial charge < -0.3 is 10.3 Å². The SMILES string of the molecule is CCc1nn(CC)c(CC(=O)c2cn(CCN)cn2)c1Cl. The maximum Gasteiger partial charge on any atom is 0.188 e. The van der Waals surface area contributed by atoms with Crippen LogP contribution in [0.15, 0.2) is 12.5 Å². The summed E-state index contributed by atoms with van der Waals surface area (Å²) in [5.74, 6) is -0.0649. The highest BCUT2D eigenvalue weighted by atomic mass is 35.5. The molecule has 0 unspecified atom stereocenters. The smallest absolute Gasteiger partial charge is 0.188 e. The lowest BCUT2D eigenvalue weighted by atomic mass is 10.1. The number of aromatic nitrogens is 4. The molecule has 0 aliphatic heterocycles. The number of hydrogen-bond donors (Lipinski definition) is 1. The Morgan fingerprint density at radius 2 is 2.19 bits per heavy atom. The van der Waals surface area contributed by atoms with E-state index < -0.39 is 0 Å². The minimum absolute atomic E-state index is 0.0649. The number of nitrogens with two attached hydrogens (primary N) is 1. The molecule has 2 aromatic rings. The average Bonchev–Trinajstić information content (AvgIpc) is 3.05. The lowest BCUT2D eigenvalue weighted by Gasteiger charge is -2.03. The standard InChI is InChI=1S/C14H20ClN5O/c1-3-10-14(15)12(20(4-2)18-10)7-13(21)11-8-19(6-5-16)9-17-11/h8-9H,3-7,16H2,1-2H3. The van der Waals surface area contributed by atoms with Crippen molar-refractivity contribution in [2.75, 3.05) is 6.54 Å². The topological polar surface area (TPSA) is 78.7 Å². The van der Waals surface area contributed by atoms with E-state index >= 15 is 0 Å². The predicted molar refractivity (Wildman–Crippen MR) is 81.6 cm³/mol. The van der Waals surface area contributed by atoms with Gasteiger partial charge in [-0.15, -0.1) is 0 Å². The Morgan fingerprint density at radius 3 is 2.81 bits per heavy atom. The highest BCUT2D eigenvalue weighted by Crippen LogP contribution is 2.23. The number of halogens is 1. The number of Topliss-reactive ketones (excluding diaryl/α,β-unsaturated/α-hetero) is 1. The molecule has 0 saturated heterocycles. The van der Waals surface area contributed by atoms with Crippen molar-refractivity contribution in [1.29, 1.82) is 0 Å². The monoisotopic (exact) mass is 309 g/mol. The molecule has 0 bridgehead atoms. The van der Waals surface area contributed by atoms with Crippen LogP contribution in [0.4, 0.5) is 0 Å². The van der Waals surface area contributed by atoms with Gasteiger partial charge in [0.2, 0.25) is 0 Å².